The lowest BCUT2D eigenvalue weighted by Gasteiger charge is -2.37. The maximum Gasteiger partial charge on any atom is 0.234 e. The van der Waals surface area contributed by atoms with E-state index in [1.807, 2.05) is 48.3 Å². The fraction of sp³-hybridized carbons (Fsp3) is 0.321. The second-order valence-corrected chi connectivity index (χ2v) is 8.86. The predicted molar refractivity (Wildman–Crippen MR) is 125 cm³/mol. The van der Waals surface area contributed by atoms with Crippen molar-refractivity contribution in [1.82, 2.24) is 9.80 Å². The summed E-state index contributed by atoms with van der Waals surface area (Å²) in [6.07, 6.45) is 3.54. The highest BCUT2D eigenvalue weighted by Gasteiger charge is 2.42. The normalized spacial score (nSPS) is 20.7. The van der Waals surface area contributed by atoms with Crippen LogP contribution in [0.25, 0.3) is 0 Å². The molecule has 1 saturated heterocycles. The van der Waals surface area contributed by atoms with E-state index in [4.69, 9.17) is 0 Å². The van der Waals surface area contributed by atoms with Crippen molar-refractivity contribution in [2.75, 3.05) is 20.1 Å². The van der Waals surface area contributed by atoms with Crippen LogP contribution < -0.4 is 0 Å². The largest absolute Gasteiger partial charge is 0.336 e. The lowest BCUT2D eigenvalue weighted by Crippen LogP contribution is -2.45. The molecule has 1 heterocycles. The number of hydrogen-bond donors (Lipinski definition) is 0. The molecule has 3 aromatic carbocycles. The number of rotatable bonds is 5. The zero-order valence-corrected chi connectivity index (χ0v) is 18.2. The third-order valence-electron chi connectivity index (χ3n) is 7.05. The summed E-state index contributed by atoms with van der Waals surface area (Å²) in [5, 5.41) is 0. The fourth-order valence-electron chi connectivity index (χ4n) is 5.53. The van der Waals surface area contributed by atoms with Crippen LogP contribution in [0.4, 0.5) is 0 Å². The van der Waals surface area contributed by atoms with Gasteiger partial charge in [0.15, 0.2) is 0 Å². The molecule has 0 bridgehead atoms. The first-order chi connectivity index (χ1) is 15.2. The quantitative estimate of drug-likeness (QED) is 0.588. The topological polar surface area (TPSA) is 23.6 Å². The van der Waals surface area contributed by atoms with Gasteiger partial charge in [0.05, 0.1) is 12.0 Å². The van der Waals surface area contributed by atoms with Crippen molar-refractivity contribution in [2.45, 2.75) is 37.3 Å². The zero-order chi connectivity index (χ0) is 21.2. The van der Waals surface area contributed by atoms with Crippen molar-refractivity contribution in [3.8, 4) is 0 Å². The summed E-state index contributed by atoms with van der Waals surface area (Å²) in [7, 11) is 2.01. The Bertz CT molecular complexity index is 988. The Hall–Kier alpha value is -2.91. The van der Waals surface area contributed by atoms with Crippen molar-refractivity contribution < 1.29 is 4.79 Å². The molecule has 2 unspecified atom stereocenters. The molecule has 3 nitrogen and oxygen atoms in total. The lowest BCUT2D eigenvalue weighted by atomic mass is 9.89. The molecule has 2 aliphatic rings. The molecule has 2 atom stereocenters. The Morgan fingerprint density at radius 1 is 0.839 bits per heavy atom. The zero-order valence-electron chi connectivity index (χ0n) is 18.2. The summed E-state index contributed by atoms with van der Waals surface area (Å²) in [5.41, 5.74) is 4.80. The monoisotopic (exact) mass is 410 g/mol. The molecule has 158 valence electrons. The van der Waals surface area contributed by atoms with Crippen LogP contribution in [-0.4, -0.2) is 41.9 Å². The van der Waals surface area contributed by atoms with Gasteiger partial charge < -0.3 is 4.90 Å². The van der Waals surface area contributed by atoms with Crippen molar-refractivity contribution in [3.63, 3.8) is 0 Å². The first-order valence-corrected chi connectivity index (χ1v) is 11.4. The van der Waals surface area contributed by atoms with Crippen LogP contribution in [0.1, 0.15) is 47.1 Å². The molecule has 5 rings (SSSR count). The number of fused-ring (bicyclic) bond motifs is 1. The van der Waals surface area contributed by atoms with E-state index in [0.29, 0.717) is 6.04 Å². The summed E-state index contributed by atoms with van der Waals surface area (Å²) in [6.45, 7) is 2.27. The van der Waals surface area contributed by atoms with Gasteiger partial charge in [0.2, 0.25) is 5.91 Å². The van der Waals surface area contributed by atoms with Crippen molar-refractivity contribution >= 4 is 5.91 Å². The molecule has 1 fully saturated rings. The van der Waals surface area contributed by atoms with Gasteiger partial charge in [-0.1, -0.05) is 84.9 Å². The van der Waals surface area contributed by atoms with Crippen LogP contribution >= 0.6 is 0 Å². The molecule has 1 amide bonds. The summed E-state index contributed by atoms with van der Waals surface area (Å²) < 4.78 is 0. The molecule has 1 aliphatic heterocycles. The maximum atomic E-state index is 14.1. The van der Waals surface area contributed by atoms with Crippen molar-refractivity contribution in [3.05, 3.63) is 107 Å². The molecule has 1 aliphatic carbocycles. The van der Waals surface area contributed by atoms with Crippen LogP contribution in [0.2, 0.25) is 0 Å². The summed E-state index contributed by atoms with van der Waals surface area (Å²) in [6, 6.07) is 29.6. The van der Waals surface area contributed by atoms with Crippen molar-refractivity contribution in [1.29, 1.82) is 0 Å². The standard InChI is InChI=1S/C28H30N2O/c1-29(27-24-17-9-8-16-23(24)20-25(27)30-18-10-11-19-30)28(31)26(21-12-4-2-5-13-21)22-14-6-3-7-15-22/h2-9,12-17,25-27H,10-11,18-20H2,1H3. The number of nitrogens with zero attached hydrogens (tertiary/aromatic N) is 2. The Morgan fingerprint density at radius 3 is 2.00 bits per heavy atom. The fourth-order valence-corrected chi connectivity index (χ4v) is 5.53. The van der Waals surface area contributed by atoms with E-state index in [1.165, 1.54) is 24.0 Å². The average molecular weight is 411 g/mol. The van der Waals surface area contributed by atoms with Gasteiger partial charge in [-0.3, -0.25) is 9.69 Å². The molecule has 0 N–H and O–H groups in total. The smallest absolute Gasteiger partial charge is 0.234 e. The van der Waals surface area contributed by atoms with Crippen LogP contribution in [0.3, 0.4) is 0 Å². The van der Waals surface area contributed by atoms with E-state index >= 15 is 0 Å². The maximum absolute atomic E-state index is 14.1. The molecule has 3 heteroatoms. The first-order valence-electron chi connectivity index (χ1n) is 11.4. The number of likely N-dealkylation sites (tertiary alicyclic amines) is 1. The summed E-state index contributed by atoms with van der Waals surface area (Å²) >= 11 is 0. The molecule has 0 spiro atoms. The molecule has 3 aromatic rings. The Balaban J connectivity index is 1.53. The third kappa shape index (κ3) is 3.79. The highest BCUT2D eigenvalue weighted by Crippen LogP contribution is 2.41. The van der Waals surface area contributed by atoms with Gasteiger partial charge in [-0.2, -0.15) is 0 Å². The molecule has 0 aromatic heterocycles. The van der Waals surface area contributed by atoms with Crippen LogP contribution in [0.5, 0.6) is 0 Å². The van der Waals surface area contributed by atoms with E-state index < -0.39 is 0 Å². The van der Waals surface area contributed by atoms with Crippen LogP contribution in [-0.2, 0) is 11.2 Å². The molecular formula is C28H30N2O. The van der Waals surface area contributed by atoms with Crippen molar-refractivity contribution in [2.24, 2.45) is 0 Å². The van der Waals surface area contributed by atoms with E-state index in [0.717, 1.165) is 30.6 Å². The first kappa shape index (κ1) is 20.0. The van der Waals surface area contributed by atoms with Gasteiger partial charge in [-0.25, -0.2) is 0 Å². The van der Waals surface area contributed by atoms with E-state index in [1.54, 1.807) is 0 Å². The number of carbonyl (C=O) groups is 1. The van der Waals surface area contributed by atoms with Gasteiger partial charge in [0.1, 0.15) is 0 Å². The second-order valence-electron chi connectivity index (χ2n) is 8.86. The minimum absolute atomic E-state index is 0.0942. The summed E-state index contributed by atoms with van der Waals surface area (Å²) in [4.78, 5) is 18.8. The number of amides is 1. The highest BCUT2D eigenvalue weighted by molar-refractivity contribution is 5.87. The number of benzene rings is 3. The SMILES string of the molecule is CN(C(=O)C(c1ccccc1)c1ccccc1)C1c2ccccc2CC1N1CCCC1. The highest BCUT2D eigenvalue weighted by atomic mass is 16.2. The van der Waals surface area contributed by atoms with Gasteiger partial charge in [-0.05, 0) is 54.6 Å². The van der Waals surface area contributed by atoms with Gasteiger partial charge >= 0.3 is 0 Å². The molecule has 0 saturated carbocycles. The predicted octanol–water partition coefficient (Wildman–Crippen LogP) is 5.04. The Labute approximate surface area is 185 Å². The van der Waals surface area contributed by atoms with E-state index in [9.17, 15) is 4.79 Å². The van der Waals surface area contributed by atoms with E-state index in [2.05, 4.69) is 53.4 Å². The third-order valence-corrected chi connectivity index (χ3v) is 7.05. The second kappa shape index (κ2) is 8.68. The van der Waals surface area contributed by atoms with Gasteiger partial charge in [0, 0.05) is 13.1 Å². The summed E-state index contributed by atoms with van der Waals surface area (Å²) in [5.74, 6) is -0.123. The lowest BCUT2D eigenvalue weighted by molar-refractivity contribution is -0.134. The minimum atomic E-state index is -0.292. The van der Waals surface area contributed by atoms with Crippen LogP contribution in [0.15, 0.2) is 84.9 Å². The van der Waals surface area contributed by atoms with Crippen LogP contribution in [0, 0.1) is 0 Å². The number of carbonyl (C=O) groups excluding carboxylic acids is 1. The van der Waals surface area contributed by atoms with E-state index in [-0.39, 0.29) is 17.9 Å². The Kier molecular flexibility index (Phi) is 5.61. The Morgan fingerprint density at radius 2 is 1.39 bits per heavy atom. The number of likely N-dealkylation sites (N-methyl/N-ethyl adjacent to an activating group) is 1. The molecule has 31 heavy (non-hydrogen) atoms. The minimum Gasteiger partial charge on any atom is -0.336 e. The van der Waals surface area contributed by atoms with Gasteiger partial charge in [0.25, 0.3) is 0 Å². The van der Waals surface area contributed by atoms with Gasteiger partial charge in [-0.15, -0.1) is 0 Å². The molecule has 0 radical (unpaired) electrons. The average Bonchev–Trinajstić information content (AvgIpc) is 3.48. The molecular weight excluding hydrogens is 380 g/mol. The number of hydrogen-bond acceptors (Lipinski definition) is 2.